The van der Waals surface area contributed by atoms with Gasteiger partial charge in [-0.25, -0.2) is 0 Å². The zero-order chi connectivity index (χ0) is 13.4. The summed E-state index contributed by atoms with van der Waals surface area (Å²) in [6.07, 6.45) is 7.22. The molecule has 0 amide bonds. The summed E-state index contributed by atoms with van der Waals surface area (Å²) in [6, 6.07) is 11.1. The maximum absolute atomic E-state index is 6.55. The van der Waals surface area contributed by atoms with Gasteiger partial charge in [0.05, 0.1) is 0 Å². The van der Waals surface area contributed by atoms with Crippen molar-refractivity contribution < 1.29 is 0 Å². The molecule has 0 spiro atoms. The summed E-state index contributed by atoms with van der Waals surface area (Å²) in [5, 5.41) is 0. The Morgan fingerprint density at radius 2 is 1.58 bits per heavy atom. The van der Waals surface area contributed by atoms with E-state index < -0.39 is 0 Å². The van der Waals surface area contributed by atoms with E-state index in [4.69, 9.17) is 5.73 Å². The standard InChI is InChI=1S/C17H29N.ClH/c1-4-7-9-14-16(18)17(5-2,6-3)15-12-10-8-11-13-15;/h8,10-13,16H,4-7,9,14,18H2,1-3H3;1H. The quantitative estimate of drug-likeness (QED) is 0.662. The first kappa shape index (κ1) is 18.5. The van der Waals surface area contributed by atoms with Gasteiger partial charge in [-0.05, 0) is 24.8 Å². The Labute approximate surface area is 125 Å². The van der Waals surface area contributed by atoms with Gasteiger partial charge in [0.15, 0.2) is 0 Å². The van der Waals surface area contributed by atoms with Crippen LogP contribution in [0.5, 0.6) is 0 Å². The Bertz CT molecular complexity index is 319. The molecule has 1 aromatic rings. The Morgan fingerprint density at radius 1 is 1.00 bits per heavy atom. The lowest BCUT2D eigenvalue weighted by atomic mass is 9.69. The van der Waals surface area contributed by atoms with Crippen LogP contribution in [0.25, 0.3) is 0 Å². The van der Waals surface area contributed by atoms with Crippen LogP contribution in [0, 0.1) is 0 Å². The normalized spacial score (nSPS) is 12.8. The maximum Gasteiger partial charge on any atom is 0.0136 e. The van der Waals surface area contributed by atoms with E-state index in [1.165, 1.54) is 24.8 Å². The predicted octanol–water partition coefficient (Wildman–Crippen LogP) is 5.07. The minimum atomic E-state index is 0. The Kier molecular flexibility index (Phi) is 9.12. The minimum absolute atomic E-state index is 0. The zero-order valence-electron chi connectivity index (χ0n) is 12.7. The summed E-state index contributed by atoms with van der Waals surface area (Å²) in [5.74, 6) is 0. The van der Waals surface area contributed by atoms with Crippen molar-refractivity contribution >= 4 is 12.4 Å². The van der Waals surface area contributed by atoms with E-state index in [9.17, 15) is 0 Å². The molecule has 0 aliphatic carbocycles. The second-order valence-corrected chi connectivity index (χ2v) is 5.33. The largest absolute Gasteiger partial charge is 0.327 e. The van der Waals surface area contributed by atoms with Gasteiger partial charge in [0.1, 0.15) is 0 Å². The van der Waals surface area contributed by atoms with E-state index in [-0.39, 0.29) is 23.9 Å². The van der Waals surface area contributed by atoms with Crippen molar-refractivity contribution in [3.8, 4) is 0 Å². The molecule has 1 nitrogen and oxygen atoms in total. The highest BCUT2D eigenvalue weighted by atomic mass is 35.5. The van der Waals surface area contributed by atoms with Crippen LogP contribution in [0.2, 0.25) is 0 Å². The van der Waals surface area contributed by atoms with Gasteiger partial charge in [-0.1, -0.05) is 70.4 Å². The first-order valence-electron chi connectivity index (χ1n) is 7.52. The molecule has 0 aliphatic rings. The monoisotopic (exact) mass is 283 g/mol. The summed E-state index contributed by atoms with van der Waals surface area (Å²) >= 11 is 0. The summed E-state index contributed by atoms with van der Waals surface area (Å²) in [6.45, 7) is 6.79. The van der Waals surface area contributed by atoms with Gasteiger partial charge in [0, 0.05) is 11.5 Å². The molecule has 1 rings (SSSR count). The van der Waals surface area contributed by atoms with E-state index in [2.05, 4.69) is 51.1 Å². The number of unbranched alkanes of at least 4 members (excludes halogenated alkanes) is 2. The molecule has 0 saturated carbocycles. The molecule has 0 bridgehead atoms. The first-order valence-corrected chi connectivity index (χ1v) is 7.52. The molecule has 0 saturated heterocycles. The van der Waals surface area contributed by atoms with Crippen LogP contribution in [-0.4, -0.2) is 6.04 Å². The molecule has 1 unspecified atom stereocenters. The van der Waals surface area contributed by atoms with Crippen LogP contribution in [0.4, 0.5) is 0 Å². The number of benzene rings is 1. The lowest BCUT2D eigenvalue weighted by Crippen LogP contribution is -2.44. The first-order chi connectivity index (χ1) is 8.71. The average Bonchev–Trinajstić information content (AvgIpc) is 2.42. The van der Waals surface area contributed by atoms with Gasteiger partial charge in [-0.3, -0.25) is 0 Å². The van der Waals surface area contributed by atoms with Gasteiger partial charge in [-0.15, -0.1) is 12.4 Å². The van der Waals surface area contributed by atoms with E-state index in [1.54, 1.807) is 0 Å². The van der Waals surface area contributed by atoms with Crippen LogP contribution in [0.1, 0.15) is 64.9 Å². The van der Waals surface area contributed by atoms with E-state index in [1.807, 2.05) is 0 Å². The lowest BCUT2D eigenvalue weighted by molar-refractivity contribution is 0.298. The van der Waals surface area contributed by atoms with Gasteiger partial charge < -0.3 is 5.73 Å². The summed E-state index contributed by atoms with van der Waals surface area (Å²) < 4.78 is 0. The van der Waals surface area contributed by atoms with E-state index in [0.29, 0.717) is 0 Å². The molecule has 0 radical (unpaired) electrons. The van der Waals surface area contributed by atoms with Gasteiger partial charge >= 0.3 is 0 Å². The number of hydrogen-bond acceptors (Lipinski definition) is 1. The van der Waals surface area contributed by atoms with Gasteiger partial charge in [0.2, 0.25) is 0 Å². The van der Waals surface area contributed by atoms with Crippen LogP contribution in [0.3, 0.4) is 0 Å². The molecular formula is C17H30ClN. The fourth-order valence-corrected chi connectivity index (χ4v) is 3.06. The van der Waals surface area contributed by atoms with Crippen molar-refractivity contribution in [2.45, 2.75) is 70.8 Å². The molecular weight excluding hydrogens is 254 g/mol. The van der Waals surface area contributed by atoms with E-state index in [0.717, 1.165) is 19.3 Å². The van der Waals surface area contributed by atoms with Gasteiger partial charge in [0.25, 0.3) is 0 Å². The smallest absolute Gasteiger partial charge is 0.0136 e. The number of halogens is 1. The molecule has 0 aliphatic heterocycles. The van der Waals surface area contributed by atoms with Crippen LogP contribution in [-0.2, 0) is 5.41 Å². The molecule has 110 valence electrons. The van der Waals surface area contributed by atoms with Crippen molar-refractivity contribution in [2.75, 3.05) is 0 Å². The fraction of sp³-hybridized carbons (Fsp3) is 0.647. The van der Waals surface area contributed by atoms with Crippen molar-refractivity contribution in [2.24, 2.45) is 5.73 Å². The number of rotatable bonds is 8. The van der Waals surface area contributed by atoms with E-state index >= 15 is 0 Å². The fourth-order valence-electron chi connectivity index (χ4n) is 3.06. The molecule has 1 aromatic carbocycles. The Balaban J connectivity index is 0.00000324. The number of nitrogens with two attached hydrogens (primary N) is 1. The highest BCUT2D eigenvalue weighted by Crippen LogP contribution is 2.36. The molecule has 0 heterocycles. The average molecular weight is 284 g/mol. The molecule has 0 aromatic heterocycles. The molecule has 0 fully saturated rings. The third-order valence-electron chi connectivity index (χ3n) is 4.44. The van der Waals surface area contributed by atoms with Gasteiger partial charge in [-0.2, -0.15) is 0 Å². The molecule has 19 heavy (non-hydrogen) atoms. The summed E-state index contributed by atoms with van der Waals surface area (Å²) in [4.78, 5) is 0. The number of hydrogen-bond donors (Lipinski definition) is 1. The van der Waals surface area contributed by atoms with Crippen LogP contribution < -0.4 is 5.73 Å². The highest BCUT2D eigenvalue weighted by Gasteiger charge is 2.34. The minimum Gasteiger partial charge on any atom is -0.327 e. The zero-order valence-corrected chi connectivity index (χ0v) is 13.5. The Hall–Kier alpha value is -0.530. The SMILES string of the molecule is CCCCCC(N)C(CC)(CC)c1ccccc1.Cl. The molecule has 2 N–H and O–H groups in total. The van der Waals surface area contributed by atoms with Crippen molar-refractivity contribution in [3.05, 3.63) is 35.9 Å². The highest BCUT2D eigenvalue weighted by molar-refractivity contribution is 5.85. The summed E-state index contributed by atoms with van der Waals surface area (Å²) in [5.41, 5.74) is 8.12. The summed E-state index contributed by atoms with van der Waals surface area (Å²) in [7, 11) is 0. The Morgan fingerprint density at radius 3 is 2.05 bits per heavy atom. The van der Waals surface area contributed by atoms with Crippen LogP contribution in [0.15, 0.2) is 30.3 Å². The predicted molar refractivity (Wildman–Crippen MR) is 88.1 cm³/mol. The van der Waals surface area contributed by atoms with Crippen molar-refractivity contribution in [1.29, 1.82) is 0 Å². The molecule has 2 heteroatoms. The second-order valence-electron chi connectivity index (χ2n) is 5.33. The topological polar surface area (TPSA) is 26.0 Å². The third-order valence-corrected chi connectivity index (χ3v) is 4.44. The second kappa shape index (κ2) is 9.39. The lowest BCUT2D eigenvalue weighted by Gasteiger charge is -2.38. The third kappa shape index (κ3) is 4.50. The van der Waals surface area contributed by atoms with Crippen molar-refractivity contribution in [1.82, 2.24) is 0 Å². The maximum atomic E-state index is 6.55. The molecule has 1 atom stereocenters. The van der Waals surface area contributed by atoms with Crippen molar-refractivity contribution in [3.63, 3.8) is 0 Å². The van der Waals surface area contributed by atoms with Crippen LogP contribution >= 0.6 is 12.4 Å².